The lowest BCUT2D eigenvalue weighted by Crippen LogP contribution is -1.83. The minimum atomic E-state index is 0.889. The van der Waals surface area contributed by atoms with Gasteiger partial charge in [-0.05, 0) is 19.3 Å². The molecule has 0 aromatic carbocycles. The molecule has 0 nitrogen and oxygen atoms in total. The quantitative estimate of drug-likeness (QED) is 0.544. The summed E-state index contributed by atoms with van der Waals surface area (Å²) < 4.78 is 0. The van der Waals surface area contributed by atoms with E-state index < -0.39 is 0 Å². The van der Waals surface area contributed by atoms with E-state index in [1.54, 1.807) is 11.1 Å². The van der Waals surface area contributed by atoms with E-state index in [2.05, 4.69) is 26.0 Å². The Morgan fingerprint density at radius 3 is 2.70 bits per heavy atom. The van der Waals surface area contributed by atoms with E-state index >= 15 is 0 Å². The molecule has 10 heavy (non-hydrogen) atoms. The molecule has 0 spiro atoms. The lowest BCUT2D eigenvalue weighted by molar-refractivity contribution is 0.673. The number of rotatable bonds is 2. The third-order valence-corrected chi connectivity index (χ3v) is 2.71. The Hall–Kier alpha value is -0.520. The Kier molecular flexibility index (Phi) is 1.23. The van der Waals surface area contributed by atoms with Crippen molar-refractivity contribution in [1.29, 1.82) is 0 Å². The monoisotopic (exact) mass is 134 g/mol. The van der Waals surface area contributed by atoms with Crippen molar-refractivity contribution in [2.75, 3.05) is 0 Å². The SMILES string of the molecule is CCCC1C2=CC=C(C)C21. The number of hydrogen-bond donors (Lipinski definition) is 0. The minimum absolute atomic E-state index is 0.889. The van der Waals surface area contributed by atoms with Gasteiger partial charge in [0, 0.05) is 5.92 Å². The maximum Gasteiger partial charge on any atom is 0.00794 e. The second-order valence-corrected chi connectivity index (χ2v) is 3.45. The van der Waals surface area contributed by atoms with Gasteiger partial charge < -0.3 is 0 Å². The summed E-state index contributed by atoms with van der Waals surface area (Å²) in [5.41, 5.74) is 3.30. The van der Waals surface area contributed by atoms with Gasteiger partial charge in [-0.1, -0.05) is 36.6 Å². The zero-order valence-corrected chi connectivity index (χ0v) is 6.72. The van der Waals surface area contributed by atoms with Crippen LogP contribution in [0.15, 0.2) is 23.3 Å². The highest BCUT2D eigenvalue weighted by Gasteiger charge is 2.45. The molecule has 0 radical (unpaired) electrons. The average Bonchev–Trinajstić information content (AvgIpc) is 2.45. The van der Waals surface area contributed by atoms with Gasteiger partial charge in [0.2, 0.25) is 0 Å². The molecule has 2 aliphatic rings. The molecule has 0 aromatic rings. The molecule has 0 aromatic heterocycles. The molecule has 2 unspecified atom stereocenters. The summed E-state index contributed by atoms with van der Waals surface area (Å²) in [4.78, 5) is 0. The van der Waals surface area contributed by atoms with Gasteiger partial charge in [-0.25, -0.2) is 0 Å². The van der Waals surface area contributed by atoms with Crippen LogP contribution in [-0.2, 0) is 0 Å². The van der Waals surface area contributed by atoms with Crippen molar-refractivity contribution in [2.24, 2.45) is 11.8 Å². The molecule has 0 heteroatoms. The van der Waals surface area contributed by atoms with E-state index in [9.17, 15) is 0 Å². The van der Waals surface area contributed by atoms with E-state index in [0.29, 0.717) is 0 Å². The lowest BCUT2D eigenvalue weighted by atomic mass is 10.1. The van der Waals surface area contributed by atoms with Gasteiger partial charge in [-0.15, -0.1) is 0 Å². The van der Waals surface area contributed by atoms with Crippen LogP contribution < -0.4 is 0 Å². The smallest absolute Gasteiger partial charge is 0.00794 e. The van der Waals surface area contributed by atoms with Crippen molar-refractivity contribution in [3.63, 3.8) is 0 Å². The third kappa shape index (κ3) is 0.681. The predicted molar refractivity (Wildman–Crippen MR) is 43.7 cm³/mol. The summed E-state index contributed by atoms with van der Waals surface area (Å²) in [6.45, 7) is 4.53. The van der Waals surface area contributed by atoms with Crippen LogP contribution in [0, 0.1) is 11.8 Å². The molecule has 2 aliphatic carbocycles. The van der Waals surface area contributed by atoms with Gasteiger partial charge in [0.05, 0.1) is 0 Å². The zero-order chi connectivity index (χ0) is 7.14. The Balaban J connectivity index is 2.01. The molecule has 1 saturated carbocycles. The maximum atomic E-state index is 2.32. The molecule has 2 rings (SSSR count). The van der Waals surface area contributed by atoms with Gasteiger partial charge in [-0.2, -0.15) is 0 Å². The summed E-state index contributed by atoms with van der Waals surface area (Å²) in [6, 6.07) is 0. The summed E-state index contributed by atoms with van der Waals surface area (Å²) in [6.07, 6.45) is 7.33. The molecule has 0 amide bonds. The van der Waals surface area contributed by atoms with E-state index in [-0.39, 0.29) is 0 Å². The number of hydrogen-bond acceptors (Lipinski definition) is 0. The van der Waals surface area contributed by atoms with Gasteiger partial charge in [0.15, 0.2) is 0 Å². The van der Waals surface area contributed by atoms with Crippen LogP contribution in [0.4, 0.5) is 0 Å². The molecule has 2 atom stereocenters. The second-order valence-electron chi connectivity index (χ2n) is 3.45. The van der Waals surface area contributed by atoms with Crippen LogP contribution in [0.1, 0.15) is 26.7 Å². The first-order valence-electron chi connectivity index (χ1n) is 4.23. The molecule has 54 valence electrons. The van der Waals surface area contributed by atoms with Crippen molar-refractivity contribution in [2.45, 2.75) is 26.7 Å². The Bertz CT molecular complexity index is 208. The van der Waals surface area contributed by atoms with E-state index in [1.165, 1.54) is 12.8 Å². The highest BCUT2D eigenvalue weighted by molar-refractivity contribution is 5.48. The largest absolute Gasteiger partial charge is 0.0655 e. The Morgan fingerprint density at radius 1 is 1.40 bits per heavy atom. The van der Waals surface area contributed by atoms with E-state index in [0.717, 1.165) is 11.8 Å². The van der Waals surface area contributed by atoms with Crippen molar-refractivity contribution in [3.05, 3.63) is 23.3 Å². The summed E-state index contributed by atoms with van der Waals surface area (Å²) in [5.74, 6) is 1.84. The lowest BCUT2D eigenvalue weighted by Gasteiger charge is -1.95. The van der Waals surface area contributed by atoms with Crippen LogP contribution in [0.3, 0.4) is 0 Å². The molecule has 0 bridgehead atoms. The van der Waals surface area contributed by atoms with E-state index in [1.807, 2.05) is 0 Å². The van der Waals surface area contributed by atoms with Crippen LogP contribution in [0.2, 0.25) is 0 Å². The third-order valence-electron chi connectivity index (χ3n) is 2.71. The van der Waals surface area contributed by atoms with Crippen LogP contribution in [-0.4, -0.2) is 0 Å². The summed E-state index contributed by atoms with van der Waals surface area (Å²) >= 11 is 0. The van der Waals surface area contributed by atoms with Crippen molar-refractivity contribution < 1.29 is 0 Å². The topological polar surface area (TPSA) is 0 Å². The fraction of sp³-hybridized carbons (Fsp3) is 0.600. The van der Waals surface area contributed by atoms with Gasteiger partial charge in [-0.3, -0.25) is 0 Å². The minimum Gasteiger partial charge on any atom is -0.0655 e. The summed E-state index contributed by atoms with van der Waals surface area (Å²) in [7, 11) is 0. The van der Waals surface area contributed by atoms with Crippen molar-refractivity contribution >= 4 is 0 Å². The highest BCUT2D eigenvalue weighted by Crippen LogP contribution is 2.55. The number of fused-ring (bicyclic) bond motifs is 1. The normalized spacial score (nSPS) is 35.0. The van der Waals surface area contributed by atoms with Gasteiger partial charge in [0.25, 0.3) is 0 Å². The van der Waals surface area contributed by atoms with Crippen LogP contribution in [0.25, 0.3) is 0 Å². The molecule has 0 aliphatic heterocycles. The fourth-order valence-corrected chi connectivity index (χ4v) is 2.12. The van der Waals surface area contributed by atoms with Crippen LogP contribution in [0.5, 0.6) is 0 Å². The van der Waals surface area contributed by atoms with Gasteiger partial charge >= 0.3 is 0 Å². The van der Waals surface area contributed by atoms with Gasteiger partial charge in [0.1, 0.15) is 0 Å². The van der Waals surface area contributed by atoms with Crippen molar-refractivity contribution in [1.82, 2.24) is 0 Å². The second kappa shape index (κ2) is 1.98. The number of allylic oxidation sites excluding steroid dienone is 4. The summed E-state index contributed by atoms with van der Waals surface area (Å²) in [5, 5.41) is 0. The first-order valence-corrected chi connectivity index (χ1v) is 4.23. The predicted octanol–water partition coefficient (Wildman–Crippen LogP) is 2.92. The van der Waals surface area contributed by atoms with Crippen molar-refractivity contribution in [3.8, 4) is 0 Å². The zero-order valence-electron chi connectivity index (χ0n) is 6.72. The fourth-order valence-electron chi connectivity index (χ4n) is 2.12. The molecule has 1 fully saturated rings. The maximum absolute atomic E-state index is 2.32. The molecule has 0 saturated heterocycles. The average molecular weight is 134 g/mol. The molecular weight excluding hydrogens is 120 g/mol. The standard InChI is InChI=1S/C10H14/c1-3-4-8-9-6-5-7(2)10(8)9/h5-6,8,10H,3-4H2,1-2H3. The molecule has 0 N–H and O–H groups in total. The van der Waals surface area contributed by atoms with E-state index in [4.69, 9.17) is 0 Å². The Morgan fingerprint density at radius 2 is 2.20 bits per heavy atom. The van der Waals surface area contributed by atoms with Crippen LogP contribution >= 0.6 is 0 Å². The first kappa shape index (κ1) is 6.21. The molecular formula is C10H14. The molecule has 0 heterocycles. The first-order chi connectivity index (χ1) is 4.84. The Labute approximate surface area is 62.6 Å². The highest BCUT2D eigenvalue weighted by atomic mass is 14.5.